The van der Waals surface area contributed by atoms with Gasteiger partial charge in [-0.1, -0.05) is 40.7 Å². The van der Waals surface area contributed by atoms with Gasteiger partial charge in [-0.25, -0.2) is 0 Å². The molecule has 1 heterocycles. The van der Waals surface area contributed by atoms with E-state index < -0.39 is 29.4 Å². The minimum atomic E-state index is -5.00. The second kappa shape index (κ2) is 5.24. The van der Waals surface area contributed by atoms with Crippen LogP contribution >= 0.6 is 0 Å². The van der Waals surface area contributed by atoms with Gasteiger partial charge in [0.05, 0.1) is 0 Å². The third kappa shape index (κ3) is 3.38. The van der Waals surface area contributed by atoms with E-state index in [0.29, 0.717) is 13.1 Å². The van der Waals surface area contributed by atoms with Crippen molar-refractivity contribution in [2.45, 2.75) is 46.8 Å². The van der Waals surface area contributed by atoms with Crippen LogP contribution in [0.4, 0.5) is 13.2 Å². The molecule has 23 heavy (non-hydrogen) atoms. The molecule has 0 saturated carbocycles. The fourth-order valence-corrected chi connectivity index (χ4v) is 3.29. The quantitative estimate of drug-likeness (QED) is 0.790. The second-order valence-corrected chi connectivity index (χ2v) is 8.08. The molecule has 0 aromatic heterocycles. The molecule has 2 amide bonds. The fourth-order valence-electron chi connectivity index (χ4n) is 3.29. The van der Waals surface area contributed by atoms with E-state index in [9.17, 15) is 22.8 Å². The Morgan fingerprint density at radius 1 is 1.30 bits per heavy atom. The molecule has 2 rings (SSSR count). The third-order valence-electron chi connectivity index (χ3n) is 4.64. The number of halogens is 3. The van der Waals surface area contributed by atoms with Crippen LogP contribution in [0.1, 0.15) is 34.6 Å². The maximum atomic E-state index is 12.7. The summed E-state index contributed by atoms with van der Waals surface area (Å²) in [6.45, 7) is 9.98. The van der Waals surface area contributed by atoms with Gasteiger partial charge in [-0.05, 0) is 16.4 Å². The number of rotatable bonds is 2. The highest BCUT2D eigenvalue weighted by Gasteiger charge is 2.49. The Morgan fingerprint density at radius 2 is 1.87 bits per heavy atom. The molecule has 7 heteroatoms. The summed E-state index contributed by atoms with van der Waals surface area (Å²) in [6.07, 6.45) is -2.90. The van der Waals surface area contributed by atoms with Crippen molar-refractivity contribution in [1.29, 1.82) is 0 Å². The van der Waals surface area contributed by atoms with E-state index in [1.165, 1.54) is 0 Å². The average Bonchev–Trinajstić information content (AvgIpc) is 2.71. The number of carbonyl (C=O) groups is 2. The standard InChI is InChI=1S/C16H23F3N2O2/c1-14(2,3)11(20-13(23)16(17,18)19)12(22)21-7-9-6-15(4,5)10(9)8-21/h6,10-11H,7-8H2,1-5H3,(H,20,23). The molecule has 0 aromatic carbocycles. The van der Waals surface area contributed by atoms with Crippen molar-refractivity contribution in [3.8, 4) is 0 Å². The summed E-state index contributed by atoms with van der Waals surface area (Å²) in [5, 5.41) is 1.87. The Hall–Kier alpha value is -1.53. The molecule has 0 aromatic rings. The lowest BCUT2D eigenvalue weighted by Gasteiger charge is -2.38. The zero-order valence-corrected chi connectivity index (χ0v) is 14.0. The van der Waals surface area contributed by atoms with E-state index in [1.54, 1.807) is 25.7 Å². The molecular weight excluding hydrogens is 309 g/mol. The Morgan fingerprint density at radius 3 is 2.26 bits per heavy atom. The van der Waals surface area contributed by atoms with Crippen molar-refractivity contribution in [2.75, 3.05) is 13.1 Å². The van der Waals surface area contributed by atoms with Gasteiger partial charge in [0.1, 0.15) is 6.04 Å². The van der Waals surface area contributed by atoms with Crippen molar-refractivity contribution in [1.82, 2.24) is 10.2 Å². The Labute approximate surface area is 134 Å². The van der Waals surface area contributed by atoms with E-state index >= 15 is 0 Å². The number of fused-ring (bicyclic) bond motifs is 1. The van der Waals surface area contributed by atoms with Crippen LogP contribution in [0.25, 0.3) is 0 Å². The molecule has 0 bridgehead atoms. The normalized spacial score (nSPS) is 24.4. The van der Waals surface area contributed by atoms with Gasteiger partial charge in [-0.3, -0.25) is 9.59 Å². The molecule has 1 saturated heterocycles. The van der Waals surface area contributed by atoms with Crippen LogP contribution in [-0.2, 0) is 9.59 Å². The van der Waals surface area contributed by atoms with E-state index in [1.807, 2.05) is 5.32 Å². The SMILES string of the molecule is CC(C)(C)C(NC(=O)C(F)(F)F)C(=O)N1CC2=CC(C)(C)C2C1. The lowest BCUT2D eigenvalue weighted by atomic mass is 9.66. The second-order valence-electron chi connectivity index (χ2n) is 8.08. The smallest absolute Gasteiger partial charge is 0.336 e. The predicted molar refractivity (Wildman–Crippen MR) is 79.4 cm³/mol. The maximum Gasteiger partial charge on any atom is 0.471 e. The van der Waals surface area contributed by atoms with Crippen LogP contribution in [0.15, 0.2) is 11.6 Å². The highest BCUT2D eigenvalue weighted by Crippen LogP contribution is 2.48. The van der Waals surface area contributed by atoms with Crippen molar-refractivity contribution < 1.29 is 22.8 Å². The van der Waals surface area contributed by atoms with Crippen LogP contribution in [0.2, 0.25) is 0 Å². The number of hydrogen-bond donors (Lipinski definition) is 1. The molecule has 130 valence electrons. The molecule has 4 nitrogen and oxygen atoms in total. The van der Waals surface area contributed by atoms with Crippen molar-refractivity contribution in [3.63, 3.8) is 0 Å². The molecule has 0 radical (unpaired) electrons. The molecule has 2 unspecified atom stereocenters. The number of alkyl halides is 3. The summed E-state index contributed by atoms with van der Waals surface area (Å²) >= 11 is 0. The number of amides is 2. The largest absolute Gasteiger partial charge is 0.471 e. The van der Waals surface area contributed by atoms with E-state index in [-0.39, 0.29) is 11.3 Å². The third-order valence-corrected chi connectivity index (χ3v) is 4.64. The van der Waals surface area contributed by atoms with Crippen LogP contribution in [0.5, 0.6) is 0 Å². The van der Waals surface area contributed by atoms with Gasteiger partial charge in [0.25, 0.3) is 0 Å². The molecular formula is C16H23F3N2O2. The molecule has 1 aliphatic carbocycles. The lowest BCUT2D eigenvalue weighted by molar-refractivity contribution is -0.176. The highest BCUT2D eigenvalue weighted by atomic mass is 19.4. The highest BCUT2D eigenvalue weighted by molar-refractivity contribution is 5.90. The van der Waals surface area contributed by atoms with Gasteiger partial charge in [0.2, 0.25) is 5.91 Å². The first-order valence-electron chi connectivity index (χ1n) is 7.61. The van der Waals surface area contributed by atoms with Gasteiger partial charge in [0.15, 0.2) is 0 Å². The first-order chi connectivity index (χ1) is 10.2. The number of hydrogen-bond acceptors (Lipinski definition) is 2. The Balaban J connectivity index is 2.14. The molecule has 1 N–H and O–H groups in total. The summed E-state index contributed by atoms with van der Waals surface area (Å²) in [7, 11) is 0. The van der Waals surface area contributed by atoms with Crippen molar-refractivity contribution in [3.05, 3.63) is 11.6 Å². The number of carbonyl (C=O) groups excluding carboxylic acids is 2. The van der Waals surface area contributed by atoms with Gasteiger partial charge >= 0.3 is 12.1 Å². The average molecular weight is 332 g/mol. The first kappa shape index (κ1) is 17.8. The minimum absolute atomic E-state index is 0.0107. The van der Waals surface area contributed by atoms with Crippen LogP contribution in [0.3, 0.4) is 0 Å². The van der Waals surface area contributed by atoms with Crippen molar-refractivity contribution >= 4 is 11.8 Å². The van der Waals surface area contributed by atoms with Crippen molar-refractivity contribution in [2.24, 2.45) is 16.7 Å². The molecule has 2 aliphatic rings. The summed E-state index contributed by atoms with van der Waals surface area (Å²) in [5.41, 5.74) is 0.346. The number of nitrogens with zero attached hydrogens (tertiary/aromatic N) is 1. The fraction of sp³-hybridized carbons (Fsp3) is 0.750. The van der Waals surface area contributed by atoms with Gasteiger partial charge in [0, 0.05) is 19.0 Å². The number of likely N-dealkylation sites (tertiary alicyclic amines) is 1. The maximum absolute atomic E-state index is 12.7. The summed E-state index contributed by atoms with van der Waals surface area (Å²) < 4.78 is 37.6. The summed E-state index contributed by atoms with van der Waals surface area (Å²) in [5.74, 6) is -2.28. The van der Waals surface area contributed by atoms with Crippen LogP contribution < -0.4 is 5.32 Å². The summed E-state index contributed by atoms with van der Waals surface area (Å²) in [6, 6.07) is -1.21. The van der Waals surface area contributed by atoms with Crippen LogP contribution in [-0.4, -0.2) is 42.0 Å². The lowest BCUT2D eigenvalue weighted by Crippen LogP contribution is -2.56. The first-order valence-corrected chi connectivity index (χ1v) is 7.61. The number of allylic oxidation sites excluding steroid dienone is 1. The van der Waals surface area contributed by atoms with Crippen LogP contribution in [0, 0.1) is 16.7 Å². The summed E-state index contributed by atoms with van der Waals surface area (Å²) in [4.78, 5) is 25.5. The zero-order chi connectivity index (χ0) is 17.8. The van der Waals surface area contributed by atoms with E-state index in [0.717, 1.165) is 5.57 Å². The monoisotopic (exact) mass is 332 g/mol. The predicted octanol–water partition coefficient (Wildman–Crippen LogP) is 2.50. The zero-order valence-electron chi connectivity index (χ0n) is 14.0. The molecule has 1 aliphatic heterocycles. The molecule has 0 spiro atoms. The van der Waals surface area contributed by atoms with Gasteiger partial charge in [-0.15, -0.1) is 0 Å². The Bertz CT molecular complexity index is 559. The van der Waals surface area contributed by atoms with Gasteiger partial charge in [-0.2, -0.15) is 13.2 Å². The van der Waals surface area contributed by atoms with E-state index in [4.69, 9.17) is 0 Å². The van der Waals surface area contributed by atoms with Gasteiger partial charge < -0.3 is 10.2 Å². The number of nitrogens with one attached hydrogen (secondary N) is 1. The molecule has 2 atom stereocenters. The topological polar surface area (TPSA) is 49.4 Å². The van der Waals surface area contributed by atoms with E-state index in [2.05, 4.69) is 19.9 Å². The minimum Gasteiger partial charge on any atom is -0.336 e. The Kier molecular flexibility index (Phi) is 4.06. The molecule has 1 fully saturated rings.